The highest BCUT2D eigenvalue weighted by Gasteiger charge is 2.21. The molecular formula is C15H21NO3. The molecule has 4 nitrogen and oxygen atoms in total. The van der Waals surface area contributed by atoms with Crippen molar-refractivity contribution in [2.45, 2.75) is 26.9 Å². The minimum Gasteiger partial charge on any atom is -0.508 e. The zero-order valence-electron chi connectivity index (χ0n) is 11.6. The van der Waals surface area contributed by atoms with Crippen LogP contribution in [-0.4, -0.2) is 28.8 Å². The molecule has 1 aromatic rings. The van der Waals surface area contributed by atoms with Gasteiger partial charge in [-0.05, 0) is 29.2 Å². The van der Waals surface area contributed by atoms with Gasteiger partial charge in [0.2, 0.25) is 5.91 Å². The Morgan fingerprint density at radius 1 is 1.42 bits per heavy atom. The maximum Gasteiger partial charge on any atom is 0.244 e. The van der Waals surface area contributed by atoms with Crippen LogP contribution in [0, 0.1) is 5.41 Å². The van der Waals surface area contributed by atoms with Crippen molar-refractivity contribution in [3.63, 3.8) is 0 Å². The maximum absolute atomic E-state index is 11.6. The molecule has 0 saturated heterocycles. The highest BCUT2D eigenvalue weighted by Crippen LogP contribution is 2.18. The van der Waals surface area contributed by atoms with Crippen LogP contribution >= 0.6 is 0 Å². The Balaban J connectivity index is 2.48. The summed E-state index contributed by atoms with van der Waals surface area (Å²) in [6.07, 6.45) is 2.40. The van der Waals surface area contributed by atoms with Crippen LogP contribution < -0.4 is 5.32 Å². The summed E-state index contributed by atoms with van der Waals surface area (Å²) in [6.45, 7) is 5.94. The number of amides is 1. The van der Waals surface area contributed by atoms with Gasteiger partial charge in [0.1, 0.15) is 5.75 Å². The number of nitrogens with one attached hydrogen (secondary N) is 1. The average molecular weight is 263 g/mol. The molecule has 0 bridgehead atoms. The van der Waals surface area contributed by atoms with Crippen molar-refractivity contribution < 1.29 is 15.0 Å². The van der Waals surface area contributed by atoms with Crippen LogP contribution in [0.25, 0.3) is 6.08 Å². The van der Waals surface area contributed by atoms with E-state index < -0.39 is 6.10 Å². The molecule has 0 radical (unpaired) electrons. The quantitative estimate of drug-likeness (QED) is 0.727. The van der Waals surface area contributed by atoms with Crippen LogP contribution in [0.5, 0.6) is 5.75 Å². The van der Waals surface area contributed by atoms with Crippen LogP contribution in [0.15, 0.2) is 30.3 Å². The van der Waals surface area contributed by atoms with Gasteiger partial charge in [-0.2, -0.15) is 0 Å². The number of aliphatic hydroxyl groups excluding tert-OH is 1. The van der Waals surface area contributed by atoms with E-state index in [1.165, 1.54) is 6.08 Å². The van der Waals surface area contributed by atoms with Gasteiger partial charge in [0.25, 0.3) is 0 Å². The molecule has 1 amide bonds. The topological polar surface area (TPSA) is 69.6 Å². The van der Waals surface area contributed by atoms with Gasteiger partial charge in [-0.1, -0.05) is 32.9 Å². The number of phenols is 1. The third-order valence-electron chi connectivity index (χ3n) is 2.77. The Bertz CT molecular complexity index is 461. The lowest BCUT2D eigenvalue weighted by molar-refractivity contribution is -0.117. The molecule has 4 heteroatoms. The number of phenolic OH excluding ortho intramolecular Hbond substituents is 1. The van der Waals surface area contributed by atoms with E-state index >= 15 is 0 Å². The molecule has 1 rings (SSSR count). The van der Waals surface area contributed by atoms with Crippen molar-refractivity contribution in [1.82, 2.24) is 5.32 Å². The molecule has 0 aliphatic rings. The molecule has 0 saturated carbocycles. The van der Waals surface area contributed by atoms with E-state index in [1.54, 1.807) is 30.3 Å². The Kier molecular flexibility index (Phi) is 5.12. The van der Waals surface area contributed by atoms with Gasteiger partial charge < -0.3 is 15.5 Å². The number of aliphatic hydroxyl groups is 1. The zero-order chi connectivity index (χ0) is 14.5. The molecule has 3 N–H and O–H groups in total. The average Bonchev–Trinajstić information content (AvgIpc) is 2.32. The van der Waals surface area contributed by atoms with Crippen molar-refractivity contribution in [3.8, 4) is 5.75 Å². The normalized spacial score (nSPS) is 13.5. The smallest absolute Gasteiger partial charge is 0.244 e. The monoisotopic (exact) mass is 263 g/mol. The number of rotatable bonds is 4. The molecule has 1 atom stereocenters. The third kappa shape index (κ3) is 5.57. The summed E-state index contributed by atoms with van der Waals surface area (Å²) in [4.78, 5) is 11.6. The molecule has 0 aliphatic carbocycles. The minimum absolute atomic E-state index is 0.158. The summed E-state index contributed by atoms with van der Waals surface area (Å²) in [5.41, 5.74) is 0.480. The minimum atomic E-state index is -0.592. The molecule has 1 unspecified atom stereocenters. The van der Waals surface area contributed by atoms with E-state index in [9.17, 15) is 15.0 Å². The second kappa shape index (κ2) is 6.38. The molecule has 19 heavy (non-hydrogen) atoms. The van der Waals surface area contributed by atoms with Gasteiger partial charge in [0, 0.05) is 12.6 Å². The first-order chi connectivity index (χ1) is 8.79. The van der Waals surface area contributed by atoms with E-state index in [-0.39, 0.29) is 23.6 Å². The number of benzene rings is 1. The summed E-state index contributed by atoms with van der Waals surface area (Å²) >= 11 is 0. The first kappa shape index (κ1) is 15.2. The number of hydrogen-bond donors (Lipinski definition) is 3. The fourth-order valence-electron chi connectivity index (χ4n) is 1.36. The first-order valence-electron chi connectivity index (χ1n) is 6.22. The number of carbonyl (C=O) groups is 1. The molecule has 0 fully saturated rings. The summed E-state index contributed by atoms with van der Waals surface area (Å²) in [5.74, 6) is -0.114. The maximum atomic E-state index is 11.6. The lowest BCUT2D eigenvalue weighted by Gasteiger charge is -2.25. The Morgan fingerprint density at radius 2 is 2.11 bits per heavy atom. The fraction of sp³-hybridized carbons (Fsp3) is 0.400. The Morgan fingerprint density at radius 3 is 2.68 bits per heavy atom. The Hall–Kier alpha value is -1.81. The van der Waals surface area contributed by atoms with Gasteiger partial charge in [-0.15, -0.1) is 0 Å². The van der Waals surface area contributed by atoms with E-state index in [0.29, 0.717) is 0 Å². The van der Waals surface area contributed by atoms with Crippen molar-refractivity contribution in [2.75, 3.05) is 6.54 Å². The van der Waals surface area contributed by atoms with Gasteiger partial charge in [-0.3, -0.25) is 4.79 Å². The van der Waals surface area contributed by atoms with Crippen LogP contribution in [-0.2, 0) is 4.79 Å². The van der Waals surface area contributed by atoms with Crippen LogP contribution in [0.1, 0.15) is 26.3 Å². The van der Waals surface area contributed by atoms with Crippen molar-refractivity contribution in [2.24, 2.45) is 5.41 Å². The summed E-state index contributed by atoms with van der Waals surface area (Å²) in [5, 5.41) is 21.7. The first-order valence-corrected chi connectivity index (χ1v) is 6.22. The summed E-state index contributed by atoms with van der Waals surface area (Å²) < 4.78 is 0. The molecular weight excluding hydrogens is 242 g/mol. The fourth-order valence-corrected chi connectivity index (χ4v) is 1.36. The molecule has 1 aromatic carbocycles. The molecule has 104 valence electrons. The Labute approximate surface area is 113 Å². The predicted octanol–water partition coefficient (Wildman–Crippen LogP) is 1.93. The number of hydrogen-bond acceptors (Lipinski definition) is 3. The van der Waals surface area contributed by atoms with Gasteiger partial charge in [-0.25, -0.2) is 0 Å². The van der Waals surface area contributed by atoms with Crippen molar-refractivity contribution >= 4 is 12.0 Å². The second-order valence-corrected chi connectivity index (χ2v) is 5.56. The second-order valence-electron chi connectivity index (χ2n) is 5.56. The van der Waals surface area contributed by atoms with E-state index in [0.717, 1.165) is 5.56 Å². The molecule has 0 aromatic heterocycles. The summed E-state index contributed by atoms with van der Waals surface area (Å²) in [7, 11) is 0. The number of aromatic hydroxyl groups is 1. The van der Waals surface area contributed by atoms with Gasteiger partial charge in [0.05, 0.1) is 6.10 Å². The highest BCUT2D eigenvalue weighted by molar-refractivity contribution is 5.91. The van der Waals surface area contributed by atoms with Crippen LogP contribution in [0.2, 0.25) is 0 Å². The largest absolute Gasteiger partial charge is 0.508 e. The third-order valence-corrected chi connectivity index (χ3v) is 2.77. The summed E-state index contributed by atoms with van der Waals surface area (Å²) in [6, 6.07) is 6.62. The molecule has 0 aliphatic heterocycles. The molecule has 0 heterocycles. The van der Waals surface area contributed by atoms with Crippen LogP contribution in [0.3, 0.4) is 0 Å². The van der Waals surface area contributed by atoms with Gasteiger partial charge >= 0.3 is 0 Å². The standard InChI is InChI=1S/C15H21NO3/c1-15(2,3)13(18)10-16-14(19)8-7-11-5-4-6-12(17)9-11/h4-9,13,17-18H,10H2,1-3H3,(H,16,19)/b8-7+. The zero-order valence-corrected chi connectivity index (χ0v) is 11.6. The number of carbonyl (C=O) groups excluding carboxylic acids is 1. The highest BCUT2D eigenvalue weighted by atomic mass is 16.3. The lowest BCUT2D eigenvalue weighted by Crippen LogP contribution is -2.38. The van der Waals surface area contributed by atoms with E-state index in [2.05, 4.69) is 5.32 Å². The van der Waals surface area contributed by atoms with Crippen molar-refractivity contribution in [1.29, 1.82) is 0 Å². The predicted molar refractivity (Wildman–Crippen MR) is 75.6 cm³/mol. The van der Waals surface area contributed by atoms with E-state index in [4.69, 9.17) is 0 Å². The SMILES string of the molecule is CC(C)(C)C(O)CNC(=O)/C=C/c1cccc(O)c1. The van der Waals surface area contributed by atoms with Gasteiger partial charge in [0.15, 0.2) is 0 Å². The lowest BCUT2D eigenvalue weighted by atomic mass is 9.89. The van der Waals surface area contributed by atoms with Crippen molar-refractivity contribution in [3.05, 3.63) is 35.9 Å². The van der Waals surface area contributed by atoms with Crippen LogP contribution in [0.4, 0.5) is 0 Å². The van der Waals surface area contributed by atoms with E-state index in [1.807, 2.05) is 20.8 Å². The molecule has 0 spiro atoms.